The molecule has 0 bridgehead atoms. The summed E-state index contributed by atoms with van der Waals surface area (Å²) in [6, 6.07) is 0. The topological polar surface area (TPSA) is 0 Å². The van der Waals surface area contributed by atoms with Gasteiger partial charge in [0.25, 0.3) is 0 Å². The first-order valence-electron chi connectivity index (χ1n) is 9.07. The zero-order valence-corrected chi connectivity index (χ0v) is 14.7. The zero-order valence-electron chi connectivity index (χ0n) is 13.8. The molecule has 0 unspecified atom stereocenters. The Hall–Kier alpha value is 0.430. The molecule has 0 radical (unpaired) electrons. The van der Waals surface area contributed by atoms with Gasteiger partial charge in [-0.05, 0) is 0 Å². The van der Waals surface area contributed by atoms with E-state index in [0.717, 1.165) is 11.3 Å². The number of unbranched alkanes of at least 4 members (excludes halogenated alkanes) is 1. The Morgan fingerprint density at radius 1 is 0.737 bits per heavy atom. The minimum atomic E-state index is -1.46. The van der Waals surface area contributed by atoms with Crippen LogP contribution in [0.4, 0.5) is 0 Å². The molecule has 2 aliphatic carbocycles. The van der Waals surface area contributed by atoms with Crippen LogP contribution in [0.25, 0.3) is 0 Å². The van der Waals surface area contributed by atoms with E-state index in [1.807, 2.05) is 0 Å². The van der Waals surface area contributed by atoms with Crippen LogP contribution in [0.5, 0.6) is 0 Å². The van der Waals surface area contributed by atoms with E-state index in [2.05, 4.69) is 20.3 Å². The van der Waals surface area contributed by atoms with Crippen LogP contribution in [0.1, 0.15) is 84.0 Å². The minimum absolute atomic E-state index is 1.13. The molecule has 2 fully saturated rings. The van der Waals surface area contributed by atoms with Gasteiger partial charge in [0.2, 0.25) is 0 Å². The van der Waals surface area contributed by atoms with Crippen LogP contribution in [-0.2, 0) is 0 Å². The van der Waals surface area contributed by atoms with E-state index in [4.69, 9.17) is 0 Å². The van der Waals surface area contributed by atoms with E-state index >= 15 is 0 Å². The van der Waals surface area contributed by atoms with Crippen LogP contribution in [0.2, 0.25) is 0 Å². The van der Waals surface area contributed by atoms with Gasteiger partial charge in [0.1, 0.15) is 0 Å². The Labute approximate surface area is 122 Å². The average molecular weight is 284 g/mol. The third-order valence-corrected chi connectivity index (χ3v) is 14.3. The van der Waals surface area contributed by atoms with Crippen LogP contribution >= 0.6 is 6.60 Å². The second-order valence-corrected chi connectivity index (χ2v) is 15.4. The average Bonchev–Trinajstić information content (AvgIpc) is 2.47. The quantitative estimate of drug-likeness (QED) is 0.522. The molecule has 0 spiro atoms. The molecule has 0 aromatic heterocycles. The number of hydrogen-bond acceptors (Lipinski definition) is 0. The van der Waals surface area contributed by atoms with Crippen LogP contribution < -0.4 is 0 Å². The Bertz CT molecular complexity index is 247. The molecule has 2 aliphatic rings. The van der Waals surface area contributed by atoms with Crippen molar-refractivity contribution < 1.29 is 0 Å². The van der Waals surface area contributed by atoms with Crippen molar-refractivity contribution in [1.82, 2.24) is 0 Å². The van der Waals surface area contributed by atoms with Gasteiger partial charge in [-0.2, -0.15) is 0 Å². The summed E-state index contributed by atoms with van der Waals surface area (Å²) in [7, 11) is 0. The molecule has 0 nitrogen and oxygen atoms in total. The second-order valence-electron chi connectivity index (χ2n) is 8.29. The van der Waals surface area contributed by atoms with Gasteiger partial charge >= 0.3 is 121 Å². The number of rotatable bonds is 5. The Morgan fingerprint density at radius 3 is 1.53 bits per heavy atom. The first-order valence-corrected chi connectivity index (χ1v) is 12.5. The molecule has 0 aromatic carbocycles. The maximum absolute atomic E-state index is 2.83. The molecular weight excluding hydrogens is 247 g/mol. The van der Waals surface area contributed by atoms with Gasteiger partial charge < -0.3 is 0 Å². The standard InChI is InChI=1S/C18H37P/c1-4-5-16-19(2,3,17-12-8-6-9-13-17)18-14-10-7-11-15-18/h17-18H,4-16H2,1-3H3. The van der Waals surface area contributed by atoms with Crippen LogP contribution in [0.3, 0.4) is 0 Å². The summed E-state index contributed by atoms with van der Waals surface area (Å²) in [5, 5.41) is 0. The van der Waals surface area contributed by atoms with E-state index in [-0.39, 0.29) is 0 Å². The molecule has 0 saturated heterocycles. The Balaban J connectivity index is 2.18. The third kappa shape index (κ3) is 3.37. The molecule has 0 atom stereocenters. The molecule has 19 heavy (non-hydrogen) atoms. The van der Waals surface area contributed by atoms with Gasteiger partial charge in [-0.15, -0.1) is 0 Å². The van der Waals surface area contributed by atoms with Crippen molar-refractivity contribution in [3.8, 4) is 0 Å². The molecule has 0 aromatic rings. The zero-order chi connectivity index (χ0) is 13.8. The van der Waals surface area contributed by atoms with Crippen LogP contribution in [0.15, 0.2) is 0 Å². The molecule has 2 saturated carbocycles. The fourth-order valence-electron chi connectivity index (χ4n) is 5.18. The Morgan fingerprint density at radius 2 is 1.16 bits per heavy atom. The summed E-state index contributed by atoms with van der Waals surface area (Å²) in [4.78, 5) is 0. The van der Waals surface area contributed by atoms with Gasteiger partial charge in [-0.1, -0.05) is 0 Å². The molecule has 1 heteroatoms. The second kappa shape index (κ2) is 6.46. The summed E-state index contributed by atoms with van der Waals surface area (Å²) in [6.07, 6.45) is 20.0. The summed E-state index contributed by atoms with van der Waals surface area (Å²) in [6.45, 7) is 6.58. The van der Waals surface area contributed by atoms with Gasteiger partial charge in [-0.25, -0.2) is 0 Å². The van der Waals surface area contributed by atoms with Crippen molar-refractivity contribution in [2.24, 2.45) is 0 Å². The van der Waals surface area contributed by atoms with Crippen molar-refractivity contribution in [3.63, 3.8) is 0 Å². The van der Waals surface area contributed by atoms with E-state index in [9.17, 15) is 0 Å². The normalized spacial score (nSPS) is 25.9. The molecule has 0 N–H and O–H groups in total. The fraction of sp³-hybridized carbons (Fsp3) is 1.00. The predicted molar refractivity (Wildman–Crippen MR) is 92.3 cm³/mol. The molecule has 0 aliphatic heterocycles. The molecule has 0 amide bonds. The van der Waals surface area contributed by atoms with Gasteiger partial charge in [0, 0.05) is 0 Å². The summed E-state index contributed by atoms with van der Waals surface area (Å²) in [5.41, 5.74) is 2.27. The summed E-state index contributed by atoms with van der Waals surface area (Å²) < 4.78 is 0. The van der Waals surface area contributed by atoms with Crippen molar-refractivity contribution in [2.75, 3.05) is 19.5 Å². The van der Waals surface area contributed by atoms with Gasteiger partial charge in [-0.3, -0.25) is 0 Å². The van der Waals surface area contributed by atoms with Crippen molar-refractivity contribution >= 4 is 6.60 Å². The SMILES string of the molecule is CCCCP(C)(C)(C1CCCCC1)C1CCCCC1. The molecule has 0 heterocycles. The van der Waals surface area contributed by atoms with E-state index in [1.54, 1.807) is 31.8 Å². The molecular formula is C18H37P. The maximum atomic E-state index is 2.83. The van der Waals surface area contributed by atoms with Crippen LogP contribution in [-0.4, -0.2) is 30.8 Å². The summed E-state index contributed by atoms with van der Waals surface area (Å²) >= 11 is 0. The summed E-state index contributed by atoms with van der Waals surface area (Å²) in [5.74, 6) is 0. The van der Waals surface area contributed by atoms with E-state index < -0.39 is 6.60 Å². The van der Waals surface area contributed by atoms with E-state index in [0.29, 0.717) is 0 Å². The third-order valence-electron chi connectivity index (χ3n) is 6.77. The fourth-order valence-corrected chi connectivity index (χ4v) is 11.9. The van der Waals surface area contributed by atoms with Gasteiger partial charge in [0.15, 0.2) is 0 Å². The van der Waals surface area contributed by atoms with Crippen LogP contribution in [0, 0.1) is 0 Å². The first kappa shape index (κ1) is 15.8. The van der Waals surface area contributed by atoms with Gasteiger partial charge in [0.05, 0.1) is 0 Å². The predicted octanol–water partition coefficient (Wildman–Crippen LogP) is 6.26. The van der Waals surface area contributed by atoms with Crippen molar-refractivity contribution in [3.05, 3.63) is 0 Å². The monoisotopic (exact) mass is 284 g/mol. The first-order chi connectivity index (χ1) is 9.07. The van der Waals surface area contributed by atoms with E-state index in [1.165, 1.54) is 51.4 Å². The number of hydrogen-bond donors (Lipinski definition) is 0. The van der Waals surface area contributed by atoms with Crippen molar-refractivity contribution in [1.29, 1.82) is 0 Å². The molecule has 114 valence electrons. The molecule has 2 rings (SSSR count). The Kier molecular flexibility index (Phi) is 5.38. The van der Waals surface area contributed by atoms with Crippen molar-refractivity contribution in [2.45, 2.75) is 95.3 Å².